The molecule has 6 heteroatoms. The quantitative estimate of drug-likeness (QED) is 0.807. The highest BCUT2D eigenvalue weighted by Crippen LogP contribution is 2.21. The van der Waals surface area contributed by atoms with Gasteiger partial charge in [-0.15, -0.1) is 0 Å². The van der Waals surface area contributed by atoms with Gasteiger partial charge in [-0.2, -0.15) is 5.10 Å². The van der Waals surface area contributed by atoms with Gasteiger partial charge in [-0.05, 0) is 19.8 Å². The molecule has 1 amide bonds. The Morgan fingerprint density at radius 1 is 1.47 bits per heavy atom. The number of amides is 1. The second kappa shape index (κ2) is 4.83. The van der Waals surface area contributed by atoms with Crippen molar-refractivity contribution in [3.63, 3.8) is 0 Å². The van der Waals surface area contributed by atoms with Gasteiger partial charge in [0.15, 0.2) is 0 Å². The molecule has 0 atom stereocenters. The molecule has 0 saturated carbocycles. The van der Waals surface area contributed by atoms with Crippen molar-refractivity contribution in [2.45, 2.75) is 38.3 Å². The summed E-state index contributed by atoms with van der Waals surface area (Å²) in [6.45, 7) is 3.67. The van der Waals surface area contributed by atoms with Crippen LogP contribution in [-0.2, 0) is 11.3 Å². The van der Waals surface area contributed by atoms with E-state index in [0.717, 1.165) is 0 Å². The molecule has 1 saturated heterocycles. The number of hydrogen-bond acceptors (Lipinski definition) is 4. The first-order valence-electron chi connectivity index (χ1n) is 5.89. The number of aromatic nitrogens is 3. The van der Waals surface area contributed by atoms with Crippen molar-refractivity contribution in [3.8, 4) is 0 Å². The molecule has 0 spiro atoms. The molecule has 0 aromatic carbocycles. The molecule has 0 unspecified atom stereocenters. The van der Waals surface area contributed by atoms with Gasteiger partial charge < -0.3 is 10.0 Å². The van der Waals surface area contributed by atoms with Crippen LogP contribution in [0.3, 0.4) is 0 Å². The van der Waals surface area contributed by atoms with Crippen LogP contribution in [0.15, 0.2) is 12.7 Å². The number of nitrogens with zero attached hydrogens (tertiary/aromatic N) is 4. The largest absolute Gasteiger partial charge is 0.390 e. The maximum Gasteiger partial charge on any atom is 0.224 e. The predicted octanol–water partition coefficient (Wildman–Crippen LogP) is 0.0416. The van der Waals surface area contributed by atoms with Crippen LogP contribution >= 0.6 is 0 Å². The third-order valence-corrected chi connectivity index (χ3v) is 3.21. The Labute approximate surface area is 100 Å². The highest BCUT2D eigenvalue weighted by atomic mass is 16.3. The molecule has 94 valence electrons. The zero-order chi connectivity index (χ0) is 12.3. The van der Waals surface area contributed by atoms with Crippen LogP contribution in [-0.4, -0.2) is 49.4 Å². The molecule has 17 heavy (non-hydrogen) atoms. The fourth-order valence-corrected chi connectivity index (χ4v) is 1.95. The average Bonchev–Trinajstić information content (AvgIpc) is 2.78. The topological polar surface area (TPSA) is 71.2 Å². The Morgan fingerprint density at radius 3 is 2.76 bits per heavy atom. The van der Waals surface area contributed by atoms with Gasteiger partial charge in [0.2, 0.25) is 5.91 Å². The minimum Gasteiger partial charge on any atom is -0.390 e. The lowest BCUT2D eigenvalue weighted by Gasteiger charge is -2.35. The first kappa shape index (κ1) is 12.0. The molecule has 1 fully saturated rings. The van der Waals surface area contributed by atoms with E-state index < -0.39 is 5.60 Å². The van der Waals surface area contributed by atoms with Gasteiger partial charge in [-0.1, -0.05) is 0 Å². The molecule has 1 aliphatic heterocycles. The lowest BCUT2D eigenvalue weighted by Crippen LogP contribution is -2.45. The molecular weight excluding hydrogens is 220 g/mol. The maximum atomic E-state index is 11.9. The van der Waals surface area contributed by atoms with Crippen molar-refractivity contribution in [2.24, 2.45) is 0 Å². The fraction of sp³-hybridized carbons (Fsp3) is 0.727. The van der Waals surface area contributed by atoms with E-state index in [1.807, 2.05) is 11.8 Å². The SMILES string of the molecule is CC1(O)CCN(C(=O)CCn2cncn2)CC1. The Hall–Kier alpha value is -1.43. The number of carbonyl (C=O) groups is 1. The molecule has 1 aromatic rings. The Balaban J connectivity index is 1.77. The molecular formula is C11H18N4O2. The number of hydrogen-bond donors (Lipinski definition) is 1. The van der Waals surface area contributed by atoms with E-state index in [1.54, 1.807) is 11.0 Å². The first-order chi connectivity index (χ1) is 8.07. The summed E-state index contributed by atoms with van der Waals surface area (Å²) in [5.74, 6) is 0.121. The Morgan fingerprint density at radius 2 is 2.18 bits per heavy atom. The summed E-state index contributed by atoms with van der Waals surface area (Å²) in [7, 11) is 0. The van der Waals surface area contributed by atoms with E-state index in [2.05, 4.69) is 10.1 Å². The number of carbonyl (C=O) groups excluding carboxylic acids is 1. The summed E-state index contributed by atoms with van der Waals surface area (Å²) >= 11 is 0. The van der Waals surface area contributed by atoms with Gasteiger partial charge in [0.05, 0.1) is 12.1 Å². The van der Waals surface area contributed by atoms with Crippen molar-refractivity contribution in [1.29, 1.82) is 0 Å². The van der Waals surface area contributed by atoms with Gasteiger partial charge in [0.25, 0.3) is 0 Å². The van der Waals surface area contributed by atoms with Crippen LogP contribution in [0.1, 0.15) is 26.2 Å². The average molecular weight is 238 g/mol. The van der Waals surface area contributed by atoms with Crippen molar-refractivity contribution in [3.05, 3.63) is 12.7 Å². The third kappa shape index (κ3) is 3.26. The van der Waals surface area contributed by atoms with Gasteiger partial charge in [0, 0.05) is 19.5 Å². The van der Waals surface area contributed by atoms with E-state index in [1.165, 1.54) is 6.33 Å². The van der Waals surface area contributed by atoms with E-state index >= 15 is 0 Å². The van der Waals surface area contributed by atoms with Crippen LogP contribution in [0.2, 0.25) is 0 Å². The number of piperidine rings is 1. The van der Waals surface area contributed by atoms with Crippen molar-refractivity contribution >= 4 is 5.91 Å². The van der Waals surface area contributed by atoms with Crippen molar-refractivity contribution in [1.82, 2.24) is 19.7 Å². The smallest absolute Gasteiger partial charge is 0.224 e. The molecule has 0 radical (unpaired) electrons. The summed E-state index contributed by atoms with van der Waals surface area (Å²) in [6.07, 6.45) is 4.81. The standard InChI is InChI=1S/C11H18N4O2/c1-11(17)3-6-14(7-4-11)10(16)2-5-15-9-12-8-13-15/h8-9,17H,2-7H2,1H3. The van der Waals surface area contributed by atoms with E-state index in [-0.39, 0.29) is 5.91 Å². The normalized spacial score (nSPS) is 19.3. The van der Waals surface area contributed by atoms with Gasteiger partial charge in [-0.3, -0.25) is 9.48 Å². The van der Waals surface area contributed by atoms with Gasteiger partial charge in [0.1, 0.15) is 12.7 Å². The second-order valence-electron chi connectivity index (χ2n) is 4.79. The first-order valence-corrected chi connectivity index (χ1v) is 5.89. The monoisotopic (exact) mass is 238 g/mol. The molecule has 2 rings (SSSR count). The number of aryl methyl sites for hydroxylation is 1. The number of aliphatic hydroxyl groups is 1. The van der Waals surface area contributed by atoms with Gasteiger partial charge >= 0.3 is 0 Å². The summed E-state index contributed by atoms with van der Waals surface area (Å²) < 4.78 is 1.65. The highest BCUT2D eigenvalue weighted by molar-refractivity contribution is 5.76. The molecule has 2 heterocycles. The highest BCUT2D eigenvalue weighted by Gasteiger charge is 2.29. The van der Waals surface area contributed by atoms with E-state index in [0.29, 0.717) is 38.9 Å². The minimum atomic E-state index is -0.608. The molecule has 1 aromatic heterocycles. The fourth-order valence-electron chi connectivity index (χ4n) is 1.95. The predicted molar refractivity (Wildman–Crippen MR) is 61.1 cm³/mol. The minimum absolute atomic E-state index is 0.121. The van der Waals surface area contributed by atoms with Crippen LogP contribution in [0.4, 0.5) is 0 Å². The van der Waals surface area contributed by atoms with Crippen LogP contribution in [0.5, 0.6) is 0 Å². The number of likely N-dealkylation sites (tertiary alicyclic amines) is 1. The Bertz CT molecular complexity index is 365. The zero-order valence-electron chi connectivity index (χ0n) is 10.0. The third-order valence-electron chi connectivity index (χ3n) is 3.21. The lowest BCUT2D eigenvalue weighted by atomic mass is 9.94. The van der Waals surface area contributed by atoms with Gasteiger partial charge in [-0.25, -0.2) is 4.98 Å². The van der Waals surface area contributed by atoms with Crippen molar-refractivity contribution < 1.29 is 9.90 Å². The number of rotatable bonds is 3. The van der Waals surface area contributed by atoms with E-state index in [9.17, 15) is 9.90 Å². The summed E-state index contributed by atoms with van der Waals surface area (Å²) in [5, 5.41) is 13.7. The van der Waals surface area contributed by atoms with Crippen molar-refractivity contribution in [2.75, 3.05) is 13.1 Å². The van der Waals surface area contributed by atoms with Crippen LogP contribution in [0, 0.1) is 0 Å². The lowest BCUT2D eigenvalue weighted by molar-refractivity contribution is -0.135. The summed E-state index contributed by atoms with van der Waals surface area (Å²) in [6, 6.07) is 0. The maximum absolute atomic E-state index is 11.9. The molecule has 1 N–H and O–H groups in total. The zero-order valence-corrected chi connectivity index (χ0v) is 10.0. The van der Waals surface area contributed by atoms with E-state index in [4.69, 9.17) is 0 Å². The molecule has 0 bridgehead atoms. The second-order valence-corrected chi connectivity index (χ2v) is 4.79. The Kier molecular flexibility index (Phi) is 3.42. The molecule has 6 nitrogen and oxygen atoms in total. The van der Waals surface area contributed by atoms with Crippen LogP contribution in [0.25, 0.3) is 0 Å². The summed E-state index contributed by atoms with van der Waals surface area (Å²) in [5.41, 5.74) is -0.608. The molecule has 1 aliphatic rings. The molecule has 0 aliphatic carbocycles. The summed E-state index contributed by atoms with van der Waals surface area (Å²) in [4.78, 5) is 17.5. The van der Waals surface area contributed by atoms with Crippen LogP contribution < -0.4 is 0 Å².